The van der Waals surface area contributed by atoms with E-state index in [1.165, 1.54) is 11.8 Å². The van der Waals surface area contributed by atoms with Gasteiger partial charge >= 0.3 is 0 Å². The van der Waals surface area contributed by atoms with Gasteiger partial charge in [-0.05, 0) is 30.3 Å². The molecule has 0 spiro atoms. The third-order valence-electron chi connectivity index (χ3n) is 2.73. The van der Waals surface area contributed by atoms with Crippen molar-refractivity contribution in [1.29, 1.82) is 0 Å². The fourth-order valence-electron chi connectivity index (χ4n) is 1.57. The van der Waals surface area contributed by atoms with E-state index in [9.17, 15) is 4.79 Å². The molecule has 21 heavy (non-hydrogen) atoms. The standard InChI is InChI=1S/C12H24N6O2S/c1-4-13-7-8-18-12(15-16-17-18)21-10(2)11(19)14-6-5-9-20-3/h10,13H,4-9H2,1-3H3,(H,14,19). The molecule has 0 bridgehead atoms. The maximum absolute atomic E-state index is 11.9. The van der Waals surface area contributed by atoms with Gasteiger partial charge < -0.3 is 15.4 Å². The predicted octanol–water partition coefficient (Wildman–Crippen LogP) is -0.0841. The van der Waals surface area contributed by atoms with Gasteiger partial charge in [0, 0.05) is 26.8 Å². The average molecular weight is 316 g/mol. The minimum atomic E-state index is -0.239. The Morgan fingerprint density at radius 3 is 3.00 bits per heavy atom. The number of thioether (sulfide) groups is 1. The van der Waals surface area contributed by atoms with Crippen molar-refractivity contribution in [2.45, 2.75) is 37.2 Å². The van der Waals surface area contributed by atoms with E-state index in [-0.39, 0.29) is 11.2 Å². The van der Waals surface area contributed by atoms with Crippen molar-refractivity contribution in [3.63, 3.8) is 0 Å². The summed E-state index contributed by atoms with van der Waals surface area (Å²) in [6.45, 7) is 7.54. The molecule has 1 atom stereocenters. The fraction of sp³-hybridized carbons (Fsp3) is 0.833. The van der Waals surface area contributed by atoms with Crippen molar-refractivity contribution >= 4 is 17.7 Å². The summed E-state index contributed by atoms with van der Waals surface area (Å²) in [6.07, 6.45) is 0.806. The van der Waals surface area contributed by atoms with Crippen LogP contribution in [0.15, 0.2) is 5.16 Å². The molecule has 1 unspecified atom stereocenters. The Bertz CT molecular complexity index is 414. The smallest absolute Gasteiger partial charge is 0.233 e. The first kappa shape index (κ1) is 17.9. The van der Waals surface area contributed by atoms with Crippen molar-refractivity contribution in [3.05, 3.63) is 0 Å². The van der Waals surface area contributed by atoms with Crippen LogP contribution in [-0.4, -0.2) is 64.7 Å². The Balaban J connectivity index is 2.37. The van der Waals surface area contributed by atoms with E-state index in [1.807, 2.05) is 13.8 Å². The quantitative estimate of drug-likeness (QED) is 0.435. The third kappa shape index (κ3) is 6.87. The van der Waals surface area contributed by atoms with E-state index in [1.54, 1.807) is 11.8 Å². The third-order valence-corrected chi connectivity index (χ3v) is 3.80. The molecule has 1 aromatic heterocycles. The Hall–Kier alpha value is -1.19. The number of nitrogens with zero attached hydrogens (tertiary/aromatic N) is 4. The van der Waals surface area contributed by atoms with E-state index in [2.05, 4.69) is 26.2 Å². The van der Waals surface area contributed by atoms with Crippen LogP contribution in [0.25, 0.3) is 0 Å². The second kappa shape index (κ2) is 10.5. The van der Waals surface area contributed by atoms with Gasteiger partial charge in [0.05, 0.1) is 11.8 Å². The lowest BCUT2D eigenvalue weighted by molar-refractivity contribution is -0.120. The highest BCUT2D eigenvalue weighted by Gasteiger charge is 2.17. The second-order valence-corrected chi connectivity index (χ2v) is 5.74. The van der Waals surface area contributed by atoms with Crippen LogP contribution < -0.4 is 10.6 Å². The van der Waals surface area contributed by atoms with Crippen LogP contribution in [0.4, 0.5) is 0 Å². The molecular weight excluding hydrogens is 292 g/mol. The molecule has 0 aromatic carbocycles. The zero-order chi connectivity index (χ0) is 15.5. The van der Waals surface area contributed by atoms with E-state index in [0.717, 1.165) is 19.5 Å². The van der Waals surface area contributed by atoms with Crippen LogP contribution in [0, 0.1) is 0 Å². The van der Waals surface area contributed by atoms with Crippen LogP contribution in [0.3, 0.4) is 0 Å². The zero-order valence-electron chi connectivity index (χ0n) is 12.8. The number of hydrogen-bond acceptors (Lipinski definition) is 7. The molecule has 9 heteroatoms. The molecule has 1 heterocycles. The maximum atomic E-state index is 11.9. The van der Waals surface area contributed by atoms with E-state index in [0.29, 0.717) is 24.9 Å². The van der Waals surface area contributed by atoms with Crippen LogP contribution in [0.1, 0.15) is 20.3 Å². The van der Waals surface area contributed by atoms with Gasteiger partial charge in [-0.15, -0.1) is 5.10 Å². The molecule has 2 N–H and O–H groups in total. The summed E-state index contributed by atoms with van der Waals surface area (Å²) >= 11 is 1.36. The lowest BCUT2D eigenvalue weighted by Crippen LogP contribution is -2.32. The first-order valence-corrected chi connectivity index (χ1v) is 7.97. The molecular formula is C12H24N6O2S. The normalized spacial score (nSPS) is 12.3. The first-order valence-electron chi connectivity index (χ1n) is 7.09. The molecule has 120 valence electrons. The number of likely N-dealkylation sites (N-methyl/N-ethyl adjacent to an activating group) is 1. The number of carbonyl (C=O) groups excluding carboxylic acids is 1. The molecule has 0 aliphatic carbocycles. The van der Waals surface area contributed by atoms with Gasteiger partial charge in [0.2, 0.25) is 11.1 Å². The van der Waals surface area contributed by atoms with E-state index in [4.69, 9.17) is 4.74 Å². The van der Waals surface area contributed by atoms with Crippen molar-refractivity contribution in [2.24, 2.45) is 0 Å². The highest BCUT2D eigenvalue weighted by molar-refractivity contribution is 8.00. The van der Waals surface area contributed by atoms with Crippen molar-refractivity contribution in [2.75, 3.05) is 33.4 Å². The lowest BCUT2D eigenvalue weighted by atomic mass is 10.4. The second-order valence-electron chi connectivity index (χ2n) is 4.44. The number of carbonyl (C=O) groups is 1. The summed E-state index contributed by atoms with van der Waals surface area (Å²) in [6, 6.07) is 0. The average Bonchev–Trinajstić information content (AvgIpc) is 2.91. The van der Waals surface area contributed by atoms with Gasteiger partial charge in [0.1, 0.15) is 0 Å². The Labute approximate surface area is 129 Å². The monoisotopic (exact) mass is 316 g/mol. The van der Waals surface area contributed by atoms with Crippen molar-refractivity contribution in [3.8, 4) is 0 Å². The summed E-state index contributed by atoms with van der Waals surface area (Å²) in [7, 11) is 1.65. The number of methoxy groups -OCH3 is 1. The van der Waals surface area contributed by atoms with Crippen LogP contribution in [0.5, 0.6) is 0 Å². The molecule has 1 rings (SSSR count). The molecule has 0 fully saturated rings. The highest BCUT2D eigenvalue weighted by atomic mass is 32.2. The maximum Gasteiger partial charge on any atom is 0.233 e. The van der Waals surface area contributed by atoms with Crippen molar-refractivity contribution in [1.82, 2.24) is 30.8 Å². The van der Waals surface area contributed by atoms with Gasteiger partial charge in [-0.1, -0.05) is 18.7 Å². The summed E-state index contributed by atoms with van der Waals surface area (Å²) in [4.78, 5) is 11.9. The fourth-order valence-corrected chi connectivity index (χ4v) is 2.41. The molecule has 8 nitrogen and oxygen atoms in total. The minimum absolute atomic E-state index is 0.0164. The number of hydrogen-bond donors (Lipinski definition) is 2. The summed E-state index contributed by atoms with van der Waals surface area (Å²) < 4.78 is 6.65. The summed E-state index contributed by atoms with van der Waals surface area (Å²) in [5, 5.41) is 18.1. The largest absolute Gasteiger partial charge is 0.385 e. The Morgan fingerprint density at radius 1 is 1.48 bits per heavy atom. The predicted molar refractivity (Wildman–Crippen MR) is 81.2 cm³/mol. The molecule has 0 aliphatic rings. The van der Waals surface area contributed by atoms with Gasteiger partial charge in [-0.3, -0.25) is 4.79 Å². The van der Waals surface area contributed by atoms with Gasteiger partial charge in [0.15, 0.2) is 0 Å². The first-order chi connectivity index (χ1) is 10.2. The number of amides is 1. The molecule has 1 amide bonds. The minimum Gasteiger partial charge on any atom is -0.385 e. The number of rotatable bonds is 11. The molecule has 1 aromatic rings. The van der Waals surface area contributed by atoms with E-state index >= 15 is 0 Å². The Morgan fingerprint density at radius 2 is 2.29 bits per heavy atom. The van der Waals surface area contributed by atoms with E-state index < -0.39 is 0 Å². The lowest BCUT2D eigenvalue weighted by Gasteiger charge is -2.11. The molecule has 0 saturated heterocycles. The summed E-state index contributed by atoms with van der Waals surface area (Å²) in [5.41, 5.74) is 0. The molecule has 0 saturated carbocycles. The topological polar surface area (TPSA) is 94.0 Å². The van der Waals surface area contributed by atoms with Gasteiger partial charge in [-0.2, -0.15) is 0 Å². The van der Waals surface area contributed by atoms with Gasteiger partial charge in [0.25, 0.3) is 0 Å². The number of tetrazole rings is 1. The van der Waals surface area contributed by atoms with Crippen LogP contribution >= 0.6 is 11.8 Å². The Kier molecular flexibility index (Phi) is 8.95. The number of ether oxygens (including phenoxy) is 1. The summed E-state index contributed by atoms with van der Waals surface area (Å²) in [5.74, 6) is -0.0164. The SMILES string of the molecule is CCNCCn1nnnc1SC(C)C(=O)NCCCOC. The van der Waals surface area contributed by atoms with Crippen LogP contribution in [0.2, 0.25) is 0 Å². The van der Waals surface area contributed by atoms with Crippen molar-refractivity contribution < 1.29 is 9.53 Å². The number of aromatic nitrogens is 4. The molecule has 0 radical (unpaired) electrons. The van der Waals surface area contributed by atoms with Crippen LogP contribution in [-0.2, 0) is 16.1 Å². The molecule has 0 aliphatic heterocycles. The highest BCUT2D eigenvalue weighted by Crippen LogP contribution is 2.19. The van der Waals surface area contributed by atoms with Gasteiger partial charge in [-0.25, -0.2) is 4.68 Å². The zero-order valence-corrected chi connectivity index (χ0v) is 13.7. The number of nitrogens with one attached hydrogen (secondary N) is 2.